The Kier molecular flexibility index (Phi) is 7.23. The Hall–Kier alpha value is -3.32. The van der Waals surface area contributed by atoms with E-state index >= 15 is 0 Å². The fourth-order valence-electron chi connectivity index (χ4n) is 5.20. The van der Waals surface area contributed by atoms with Gasteiger partial charge in [0, 0.05) is 29.1 Å². The van der Waals surface area contributed by atoms with Crippen LogP contribution in [0, 0.1) is 0 Å². The summed E-state index contributed by atoms with van der Waals surface area (Å²) in [6, 6.07) is 15.9. The minimum absolute atomic E-state index is 0.0261. The van der Waals surface area contributed by atoms with Gasteiger partial charge in [-0.25, -0.2) is 0 Å². The molecule has 1 unspecified atom stereocenters. The SMILES string of the molecule is COc1cc(OC)cc(C(=O)N(CC(=O)N2CCc3sccc3C2c2ccc(C(C)(C)C)cc2)C2CC2)c1. The summed E-state index contributed by atoms with van der Waals surface area (Å²) < 4.78 is 10.7. The second kappa shape index (κ2) is 10.4. The highest BCUT2D eigenvalue weighted by Crippen LogP contribution is 2.39. The van der Waals surface area contributed by atoms with E-state index in [4.69, 9.17) is 9.47 Å². The van der Waals surface area contributed by atoms with Crippen molar-refractivity contribution in [3.8, 4) is 11.5 Å². The van der Waals surface area contributed by atoms with Crippen LogP contribution in [0.2, 0.25) is 0 Å². The van der Waals surface area contributed by atoms with Crippen LogP contribution in [0.5, 0.6) is 11.5 Å². The molecule has 1 fully saturated rings. The molecule has 1 saturated carbocycles. The number of hydrogen-bond donors (Lipinski definition) is 0. The standard InChI is InChI=1S/C31H36N2O4S/c1-31(2,3)22-8-6-20(7-9-22)29-26-13-15-38-27(26)12-14-32(29)28(34)19-33(23-10-11-23)30(35)21-16-24(36-4)18-25(17-21)37-5/h6-9,13,15-18,23,29H,10-12,14,19H2,1-5H3. The average Bonchev–Trinajstić information content (AvgIpc) is 3.65. The third kappa shape index (κ3) is 5.30. The van der Waals surface area contributed by atoms with Crippen molar-refractivity contribution < 1.29 is 19.1 Å². The Balaban J connectivity index is 1.43. The summed E-state index contributed by atoms with van der Waals surface area (Å²) in [6.45, 7) is 7.31. The van der Waals surface area contributed by atoms with Gasteiger partial charge in [0.05, 0.1) is 20.3 Å². The van der Waals surface area contributed by atoms with E-state index in [2.05, 4.69) is 56.5 Å². The quantitative estimate of drug-likeness (QED) is 0.384. The van der Waals surface area contributed by atoms with Crippen LogP contribution in [0.3, 0.4) is 0 Å². The second-order valence-electron chi connectivity index (χ2n) is 11.2. The van der Waals surface area contributed by atoms with Crippen molar-refractivity contribution in [2.24, 2.45) is 0 Å². The van der Waals surface area contributed by atoms with Crippen LogP contribution in [0.25, 0.3) is 0 Å². The molecule has 0 saturated heterocycles. The van der Waals surface area contributed by atoms with Gasteiger partial charge in [-0.1, -0.05) is 45.0 Å². The molecule has 0 N–H and O–H groups in total. The largest absolute Gasteiger partial charge is 0.497 e. The number of fused-ring (bicyclic) bond motifs is 1. The van der Waals surface area contributed by atoms with Gasteiger partial charge in [0.25, 0.3) is 5.91 Å². The van der Waals surface area contributed by atoms with E-state index in [9.17, 15) is 9.59 Å². The number of carbonyl (C=O) groups is 2. The molecular weight excluding hydrogens is 496 g/mol. The predicted molar refractivity (Wildman–Crippen MR) is 150 cm³/mol. The lowest BCUT2D eigenvalue weighted by Gasteiger charge is -2.38. The molecule has 1 aliphatic carbocycles. The van der Waals surface area contributed by atoms with E-state index < -0.39 is 0 Å². The summed E-state index contributed by atoms with van der Waals surface area (Å²) >= 11 is 1.76. The Morgan fingerprint density at radius 1 is 1.00 bits per heavy atom. The lowest BCUT2D eigenvalue weighted by molar-refractivity contribution is -0.134. The zero-order valence-electron chi connectivity index (χ0n) is 22.8. The monoisotopic (exact) mass is 532 g/mol. The van der Waals surface area contributed by atoms with Crippen LogP contribution in [0.15, 0.2) is 53.9 Å². The fourth-order valence-corrected chi connectivity index (χ4v) is 6.10. The number of rotatable bonds is 7. The summed E-state index contributed by atoms with van der Waals surface area (Å²) in [5.74, 6) is 0.906. The maximum absolute atomic E-state index is 14.0. The zero-order valence-corrected chi connectivity index (χ0v) is 23.6. The molecule has 6 nitrogen and oxygen atoms in total. The zero-order chi connectivity index (χ0) is 27.0. The van der Waals surface area contributed by atoms with Gasteiger partial charge >= 0.3 is 0 Å². The number of amides is 2. The third-order valence-corrected chi connectivity index (χ3v) is 8.53. The molecule has 5 rings (SSSR count). The van der Waals surface area contributed by atoms with Gasteiger partial charge in [0.1, 0.15) is 18.0 Å². The lowest BCUT2D eigenvalue weighted by Crippen LogP contribution is -2.47. The number of benzene rings is 2. The molecule has 2 amide bonds. The Morgan fingerprint density at radius 3 is 2.24 bits per heavy atom. The number of nitrogens with zero attached hydrogens (tertiary/aromatic N) is 2. The van der Waals surface area contributed by atoms with E-state index in [0.717, 1.165) is 24.8 Å². The molecule has 0 radical (unpaired) electrons. The molecule has 1 aromatic heterocycles. The van der Waals surface area contributed by atoms with Crippen molar-refractivity contribution in [2.75, 3.05) is 27.3 Å². The van der Waals surface area contributed by atoms with Crippen LogP contribution < -0.4 is 9.47 Å². The molecule has 0 bridgehead atoms. The molecule has 1 aliphatic heterocycles. The van der Waals surface area contributed by atoms with E-state index in [1.54, 1.807) is 48.7 Å². The Bertz CT molecular complexity index is 1300. The van der Waals surface area contributed by atoms with E-state index in [0.29, 0.717) is 23.6 Å². The first-order valence-corrected chi connectivity index (χ1v) is 14.1. The highest BCUT2D eigenvalue weighted by molar-refractivity contribution is 7.10. The number of hydrogen-bond acceptors (Lipinski definition) is 5. The molecule has 1 atom stereocenters. The van der Waals surface area contributed by atoms with Gasteiger partial charge < -0.3 is 19.3 Å². The summed E-state index contributed by atoms with van der Waals surface area (Å²) in [4.78, 5) is 32.7. The Morgan fingerprint density at radius 2 is 1.66 bits per heavy atom. The van der Waals surface area contributed by atoms with E-state index in [1.807, 2.05) is 4.90 Å². The number of methoxy groups -OCH3 is 2. The predicted octanol–water partition coefficient (Wildman–Crippen LogP) is 5.84. The smallest absolute Gasteiger partial charge is 0.254 e. The summed E-state index contributed by atoms with van der Waals surface area (Å²) in [5.41, 5.74) is 4.09. The molecule has 200 valence electrons. The topological polar surface area (TPSA) is 59.1 Å². The summed E-state index contributed by atoms with van der Waals surface area (Å²) in [6.07, 6.45) is 2.65. The molecule has 7 heteroatoms. The van der Waals surface area contributed by atoms with Gasteiger partial charge in [-0.05, 0) is 64.9 Å². The lowest BCUT2D eigenvalue weighted by atomic mass is 9.85. The van der Waals surface area contributed by atoms with Gasteiger partial charge in [-0.3, -0.25) is 9.59 Å². The Labute approximate surface area is 229 Å². The van der Waals surface area contributed by atoms with Crippen molar-refractivity contribution in [1.29, 1.82) is 0 Å². The number of carbonyl (C=O) groups excluding carboxylic acids is 2. The molecule has 2 aliphatic rings. The molecular formula is C31H36N2O4S. The van der Waals surface area contributed by atoms with Crippen molar-refractivity contribution in [3.63, 3.8) is 0 Å². The molecule has 3 aromatic rings. The highest BCUT2D eigenvalue weighted by Gasteiger charge is 2.38. The molecule has 0 spiro atoms. The molecule has 2 heterocycles. The first-order chi connectivity index (χ1) is 18.2. The van der Waals surface area contributed by atoms with Crippen LogP contribution in [0.4, 0.5) is 0 Å². The summed E-state index contributed by atoms with van der Waals surface area (Å²) in [7, 11) is 3.13. The van der Waals surface area contributed by atoms with Crippen LogP contribution in [-0.2, 0) is 16.6 Å². The van der Waals surface area contributed by atoms with Gasteiger partial charge in [-0.15, -0.1) is 11.3 Å². The number of ether oxygens (including phenoxy) is 2. The first kappa shape index (κ1) is 26.3. The van der Waals surface area contributed by atoms with Gasteiger partial charge in [-0.2, -0.15) is 0 Å². The van der Waals surface area contributed by atoms with Crippen molar-refractivity contribution in [1.82, 2.24) is 9.80 Å². The average molecular weight is 533 g/mol. The van der Waals surface area contributed by atoms with Gasteiger partial charge in [0.2, 0.25) is 5.91 Å². The third-order valence-electron chi connectivity index (χ3n) is 7.53. The maximum atomic E-state index is 14.0. The van der Waals surface area contributed by atoms with Crippen molar-refractivity contribution >= 4 is 23.2 Å². The van der Waals surface area contributed by atoms with Crippen molar-refractivity contribution in [3.05, 3.63) is 81.0 Å². The van der Waals surface area contributed by atoms with Gasteiger partial charge in [0.15, 0.2) is 0 Å². The van der Waals surface area contributed by atoms with Crippen molar-refractivity contribution in [2.45, 2.75) is 57.5 Å². The second-order valence-corrected chi connectivity index (χ2v) is 12.2. The van der Waals surface area contributed by atoms with Crippen LogP contribution in [-0.4, -0.2) is 55.0 Å². The molecule has 2 aromatic carbocycles. The van der Waals surface area contributed by atoms with E-state index in [1.165, 1.54) is 16.0 Å². The van der Waals surface area contributed by atoms with Crippen LogP contribution >= 0.6 is 11.3 Å². The summed E-state index contributed by atoms with van der Waals surface area (Å²) in [5, 5.41) is 2.12. The minimum atomic E-state index is -0.169. The van der Waals surface area contributed by atoms with Crippen LogP contribution in [0.1, 0.15) is 71.6 Å². The minimum Gasteiger partial charge on any atom is -0.497 e. The first-order valence-electron chi connectivity index (χ1n) is 13.2. The fraction of sp³-hybridized carbons (Fsp3) is 0.419. The van der Waals surface area contributed by atoms with E-state index in [-0.39, 0.29) is 35.9 Å². The maximum Gasteiger partial charge on any atom is 0.254 e. The number of thiophene rings is 1. The highest BCUT2D eigenvalue weighted by atomic mass is 32.1. The normalized spacial score (nSPS) is 17.1. The molecule has 38 heavy (non-hydrogen) atoms.